The average Bonchev–Trinajstić information content (AvgIpc) is 3.14. The van der Waals surface area contributed by atoms with Gasteiger partial charge in [0.05, 0.1) is 11.2 Å². The predicted molar refractivity (Wildman–Crippen MR) is 105 cm³/mol. The SMILES string of the molecule is Cn1cc(C(=O)Nc2nc(-c3ccccc3)cs2)c(=O)c2ccccc21. The van der Waals surface area contributed by atoms with Gasteiger partial charge in [-0.3, -0.25) is 14.9 Å². The van der Waals surface area contributed by atoms with E-state index in [-0.39, 0.29) is 11.0 Å². The summed E-state index contributed by atoms with van der Waals surface area (Å²) >= 11 is 1.33. The molecule has 0 unspecified atom stereocenters. The lowest BCUT2D eigenvalue weighted by Crippen LogP contribution is -2.23. The number of aryl methyl sites for hydroxylation is 1. The lowest BCUT2D eigenvalue weighted by atomic mass is 10.1. The Morgan fingerprint density at radius 3 is 2.62 bits per heavy atom. The molecule has 0 saturated heterocycles. The van der Waals surface area contributed by atoms with Gasteiger partial charge in [-0.05, 0) is 12.1 Å². The number of carbonyl (C=O) groups is 1. The summed E-state index contributed by atoms with van der Waals surface area (Å²) in [4.78, 5) is 29.7. The molecule has 0 atom stereocenters. The van der Waals surface area contributed by atoms with E-state index in [0.717, 1.165) is 16.8 Å². The Labute approximate surface area is 153 Å². The lowest BCUT2D eigenvalue weighted by Gasteiger charge is -2.08. The molecule has 4 rings (SSSR count). The summed E-state index contributed by atoms with van der Waals surface area (Å²) in [5, 5.41) is 5.60. The summed E-state index contributed by atoms with van der Waals surface area (Å²) in [6.45, 7) is 0. The molecule has 0 bridgehead atoms. The molecule has 0 aliphatic carbocycles. The molecule has 5 nitrogen and oxygen atoms in total. The van der Waals surface area contributed by atoms with Crippen molar-refractivity contribution in [2.75, 3.05) is 5.32 Å². The van der Waals surface area contributed by atoms with Gasteiger partial charge in [0.2, 0.25) is 5.43 Å². The Morgan fingerprint density at radius 2 is 1.81 bits per heavy atom. The molecule has 2 heterocycles. The number of para-hydroxylation sites is 1. The van der Waals surface area contributed by atoms with Crippen LogP contribution < -0.4 is 10.7 Å². The predicted octanol–water partition coefficient (Wildman–Crippen LogP) is 3.91. The van der Waals surface area contributed by atoms with Crippen LogP contribution in [0, 0.1) is 0 Å². The molecule has 6 heteroatoms. The van der Waals surface area contributed by atoms with Crippen LogP contribution in [0.15, 0.2) is 71.0 Å². The Hall–Kier alpha value is -3.25. The highest BCUT2D eigenvalue weighted by Crippen LogP contribution is 2.24. The first-order chi connectivity index (χ1) is 12.6. The van der Waals surface area contributed by atoms with Crippen LogP contribution in [-0.4, -0.2) is 15.5 Å². The van der Waals surface area contributed by atoms with Crippen molar-refractivity contribution in [3.63, 3.8) is 0 Å². The van der Waals surface area contributed by atoms with Crippen LogP contribution in [0.5, 0.6) is 0 Å². The number of nitrogens with one attached hydrogen (secondary N) is 1. The number of pyridine rings is 1. The number of hydrogen-bond donors (Lipinski definition) is 1. The van der Waals surface area contributed by atoms with Crippen LogP contribution >= 0.6 is 11.3 Å². The van der Waals surface area contributed by atoms with Crippen LogP contribution in [0.25, 0.3) is 22.2 Å². The molecular weight excluding hydrogens is 346 g/mol. The molecule has 1 N–H and O–H groups in total. The van der Waals surface area contributed by atoms with E-state index in [1.54, 1.807) is 22.9 Å². The summed E-state index contributed by atoms with van der Waals surface area (Å²) in [6, 6.07) is 17.0. The zero-order valence-electron chi connectivity index (χ0n) is 14.0. The first kappa shape index (κ1) is 16.2. The zero-order chi connectivity index (χ0) is 18.1. The molecule has 0 saturated carbocycles. The van der Waals surface area contributed by atoms with Gasteiger partial charge in [-0.25, -0.2) is 4.98 Å². The van der Waals surface area contributed by atoms with Gasteiger partial charge in [0.1, 0.15) is 5.56 Å². The van der Waals surface area contributed by atoms with Gasteiger partial charge in [-0.1, -0.05) is 42.5 Å². The number of nitrogens with zero attached hydrogens (tertiary/aromatic N) is 2. The Bertz CT molecular complexity index is 1160. The molecule has 128 valence electrons. The van der Waals surface area contributed by atoms with Crippen LogP contribution in [-0.2, 0) is 7.05 Å². The number of fused-ring (bicyclic) bond motifs is 1. The fraction of sp³-hybridized carbons (Fsp3) is 0.0500. The molecule has 0 fully saturated rings. The minimum atomic E-state index is -0.453. The van der Waals surface area contributed by atoms with E-state index in [1.807, 2.05) is 54.9 Å². The fourth-order valence-electron chi connectivity index (χ4n) is 2.84. The van der Waals surface area contributed by atoms with E-state index in [2.05, 4.69) is 10.3 Å². The van der Waals surface area contributed by atoms with Gasteiger partial charge in [0, 0.05) is 29.6 Å². The normalized spacial score (nSPS) is 10.8. The molecule has 1 amide bonds. The second kappa shape index (κ2) is 6.57. The topological polar surface area (TPSA) is 64.0 Å². The molecular formula is C20H15N3O2S. The van der Waals surface area contributed by atoms with Crippen LogP contribution in [0.2, 0.25) is 0 Å². The van der Waals surface area contributed by atoms with Gasteiger partial charge in [0.15, 0.2) is 5.13 Å². The van der Waals surface area contributed by atoms with Crippen molar-refractivity contribution in [2.45, 2.75) is 0 Å². The highest BCUT2D eigenvalue weighted by atomic mass is 32.1. The number of benzene rings is 2. The van der Waals surface area contributed by atoms with E-state index < -0.39 is 5.91 Å². The van der Waals surface area contributed by atoms with Crippen molar-refractivity contribution in [1.29, 1.82) is 0 Å². The van der Waals surface area contributed by atoms with Gasteiger partial charge in [-0.2, -0.15) is 0 Å². The second-order valence-electron chi connectivity index (χ2n) is 5.86. The van der Waals surface area contributed by atoms with Crippen molar-refractivity contribution in [2.24, 2.45) is 7.05 Å². The number of anilines is 1. The maximum atomic E-state index is 12.6. The van der Waals surface area contributed by atoms with E-state index in [1.165, 1.54) is 11.3 Å². The van der Waals surface area contributed by atoms with E-state index in [4.69, 9.17) is 0 Å². The Balaban J connectivity index is 1.65. The van der Waals surface area contributed by atoms with Gasteiger partial charge < -0.3 is 4.57 Å². The first-order valence-electron chi connectivity index (χ1n) is 8.04. The summed E-state index contributed by atoms with van der Waals surface area (Å²) in [7, 11) is 1.81. The van der Waals surface area contributed by atoms with E-state index in [0.29, 0.717) is 10.5 Å². The molecule has 4 aromatic rings. The quantitative estimate of drug-likeness (QED) is 0.602. The van der Waals surface area contributed by atoms with Crippen LogP contribution in [0.3, 0.4) is 0 Å². The number of thiazole rings is 1. The lowest BCUT2D eigenvalue weighted by molar-refractivity contribution is 0.102. The van der Waals surface area contributed by atoms with Crippen molar-refractivity contribution in [3.05, 3.63) is 82.0 Å². The van der Waals surface area contributed by atoms with Gasteiger partial charge >= 0.3 is 0 Å². The number of rotatable bonds is 3. The van der Waals surface area contributed by atoms with Gasteiger partial charge in [0.25, 0.3) is 5.91 Å². The second-order valence-corrected chi connectivity index (χ2v) is 6.72. The van der Waals surface area contributed by atoms with Crippen molar-refractivity contribution in [1.82, 2.24) is 9.55 Å². The third-order valence-electron chi connectivity index (χ3n) is 4.13. The number of hydrogen-bond acceptors (Lipinski definition) is 4. The molecule has 0 aliphatic heterocycles. The standard InChI is InChI=1S/C20H15N3O2S/c1-23-11-15(18(24)14-9-5-6-10-17(14)23)19(25)22-20-21-16(12-26-20)13-7-3-2-4-8-13/h2-12H,1H3,(H,21,22,25). The fourth-order valence-corrected chi connectivity index (χ4v) is 3.55. The third kappa shape index (κ3) is 2.91. The molecule has 0 radical (unpaired) electrons. The minimum absolute atomic E-state index is 0.0997. The number of amides is 1. The van der Waals surface area contributed by atoms with E-state index in [9.17, 15) is 9.59 Å². The highest BCUT2D eigenvalue weighted by Gasteiger charge is 2.16. The van der Waals surface area contributed by atoms with Crippen LogP contribution in [0.1, 0.15) is 10.4 Å². The van der Waals surface area contributed by atoms with Crippen molar-refractivity contribution in [3.8, 4) is 11.3 Å². The summed E-state index contributed by atoms with van der Waals surface area (Å²) in [5.41, 5.74) is 2.37. The Kier molecular flexibility index (Phi) is 4.10. The number of aromatic nitrogens is 2. The molecule has 26 heavy (non-hydrogen) atoms. The summed E-state index contributed by atoms with van der Waals surface area (Å²) in [6.07, 6.45) is 1.56. The van der Waals surface area contributed by atoms with Crippen LogP contribution in [0.4, 0.5) is 5.13 Å². The largest absolute Gasteiger partial charge is 0.350 e. The summed E-state index contributed by atoms with van der Waals surface area (Å²) in [5.74, 6) is -0.453. The first-order valence-corrected chi connectivity index (χ1v) is 8.92. The molecule has 2 aromatic heterocycles. The highest BCUT2D eigenvalue weighted by molar-refractivity contribution is 7.14. The van der Waals surface area contributed by atoms with Crippen molar-refractivity contribution < 1.29 is 4.79 Å². The maximum absolute atomic E-state index is 12.6. The summed E-state index contributed by atoms with van der Waals surface area (Å²) < 4.78 is 1.78. The number of carbonyl (C=O) groups excluding carboxylic acids is 1. The zero-order valence-corrected chi connectivity index (χ0v) is 14.8. The monoisotopic (exact) mass is 361 g/mol. The smallest absolute Gasteiger partial charge is 0.262 e. The molecule has 0 aliphatic rings. The average molecular weight is 361 g/mol. The Morgan fingerprint density at radius 1 is 1.08 bits per heavy atom. The molecule has 2 aromatic carbocycles. The van der Waals surface area contributed by atoms with Crippen molar-refractivity contribution >= 4 is 33.3 Å². The third-order valence-corrected chi connectivity index (χ3v) is 4.89. The van der Waals surface area contributed by atoms with Gasteiger partial charge in [-0.15, -0.1) is 11.3 Å². The minimum Gasteiger partial charge on any atom is -0.350 e. The molecule has 0 spiro atoms. The van der Waals surface area contributed by atoms with E-state index >= 15 is 0 Å². The maximum Gasteiger partial charge on any atom is 0.262 e.